The van der Waals surface area contributed by atoms with E-state index in [1.54, 1.807) is 0 Å². The van der Waals surface area contributed by atoms with Crippen molar-refractivity contribution in [2.45, 2.75) is 12.5 Å². The maximum absolute atomic E-state index is 12.3. The molecule has 26 heavy (non-hydrogen) atoms. The van der Waals surface area contributed by atoms with Crippen molar-refractivity contribution in [2.75, 3.05) is 6.61 Å². The first-order chi connectivity index (χ1) is 11.8. The van der Waals surface area contributed by atoms with Crippen LogP contribution in [0.15, 0.2) is 21.7 Å². The van der Waals surface area contributed by atoms with Crippen LogP contribution in [0.4, 0.5) is 18.9 Å². The standard InChI is InChI=1S/C11H9F3N3O8P/c12-11(13,14)3-25-8-2-6-5(1-7(8)17(20)21)15-9(18)10(19)16(6)4-26(22,23)24/h1-2H,3-4H2,(H,15,18)(H2,22,23,24)/p-1. The smallest absolute Gasteiger partial charge is 0.422 e. The van der Waals surface area contributed by atoms with Crippen LogP contribution in [-0.2, 0) is 10.9 Å². The minimum absolute atomic E-state index is 0.242. The summed E-state index contributed by atoms with van der Waals surface area (Å²) in [5.41, 5.74) is -4.68. The Kier molecular flexibility index (Phi) is 4.94. The van der Waals surface area contributed by atoms with Crippen molar-refractivity contribution in [1.29, 1.82) is 0 Å². The van der Waals surface area contributed by atoms with Crippen LogP contribution in [0, 0.1) is 10.1 Å². The minimum atomic E-state index is -5.12. The molecule has 0 fully saturated rings. The molecule has 0 radical (unpaired) electrons. The average molecular weight is 398 g/mol. The first-order valence-electron chi connectivity index (χ1n) is 6.46. The fraction of sp³-hybridized carbons (Fsp3) is 0.273. The van der Waals surface area contributed by atoms with E-state index in [4.69, 9.17) is 4.89 Å². The molecule has 1 heterocycles. The second-order valence-corrected chi connectivity index (χ2v) is 6.52. The molecule has 2 rings (SSSR count). The molecule has 11 nitrogen and oxygen atoms in total. The zero-order valence-corrected chi connectivity index (χ0v) is 13.2. The van der Waals surface area contributed by atoms with E-state index in [1.807, 2.05) is 4.98 Å². The lowest BCUT2D eigenvalue weighted by Gasteiger charge is -2.18. The molecule has 1 atom stereocenters. The second-order valence-electron chi connectivity index (χ2n) is 4.96. The van der Waals surface area contributed by atoms with Crippen molar-refractivity contribution in [3.05, 3.63) is 43.0 Å². The lowest BCUT2D eigenvalue weighted by atomic mass is 10.2. The molecular weight excluding hydrogens is 390 g/mol. The summed E-state index contributed by atoms with van der Waals surface area (Å²) in [4.78, 5) is 55.2. The highest BCUT2D eigenvalue weighted by atomic mass is 31.2. The first-order valence-corrected chi connectivity index (χ1v) is 8.22. The van der Waals surface area contributed by atoms with Gasteiger partial charge in [-0.3, -0.25) is 24.3 Å². The number of alkyl halides is 3. The maximum Gasteiger partial charge on any atom is 0.422 e. The predicted molar refractivity (Wildman–Crippen MR) is 76.9 cm³/mol. The molecule has 2 N–H and O–H groups in total. The van der Waals surface area contributed by atoms with E-state index in [1.165, 1.54) is 0 Å². The molecule has 2 aromatic rings. The zero-order chi connectivity index (χ0) is 19.9. The number of nitrogens with zero attached hydrogens (tertiary/aromatic N) is 2. The number of H-pyrrole nitrogens is 1. The van der Waals surface area contributed by atoms with Gasteiger partial charge in [-0.15, -0.1) is 0 Å². The quantitative estimate of drug-likeness (QED) is 0.308. The van der Waals surface area contributed by atoms with Gasteiger partial charge in [0.15, 0.2) is 20.0 Å². The van der Waals surface area contributed by atoms with Crippen molar-refractivity contribution in [2.24, 2.45) is 0 Å². The Hall–Kier alpha value is -2.70. The summed E-state index contributed by atoms with van der Waals surface area (Å²) in [6.07, 6.45) is -6.20. The van der Waals surface area contributed by atoms with Gasteiger partial charge < -0.3 is 24.1 Å². The number of nitro benzene ring substituents is 1. The van der Waals surface area contributed by atoms with E-state index < -0.39 is 65.2 Å². The van der Waals surface area contributed by atoms with Gasteiger partial charge >= 0.3 is 23.0 Å². The van der Waals surface area contributed by atoms with Gasteiger partial charge in [0.25, 0.3) is 0 Å². The van der Waals surface area contributed by atoms with Crippen LogP contribution in [0.25, 0.3) is 11.0 Å². The Morgan fingerprint density at radius 3 is 2.46 bits per heavy atom. The van der Waals surface area contributed by atoms with Gasteiger partial charge in [-0.1, -0.05) is 0 Å². The van der Waals surface area contributed by atoms with Gasteiger partial charge in [0, 0.05) is 12.1 Å². The number of ether oxygens (including phenoxy) is 1. The Labute approximate surface area is 139 Å². The molecule has 1 aromatic heterocycles. The van der Waals surface area contributed by atoms with E-state index in [9.17, 15) is 42.3 Å². The van der Waals surface area contributed by atoms with E-state index in [-0.39, 0.29) is 4.57 Å². The van der Waals surface area contributed by atoms with Crippen molar-refractivity contribution in [3.8, 4) is 5.75 Å². The third-order valence-corrected chi connectivity index (χ3v) is 3.60. The number of benzene rings is 1. The van der Waals surface area contributed by atoms with Crippen LogP contribution < -0.4 is 20.7 Å². The molecule has 0 spiro atoms. The van der Waals surface area contributed by atoms with E-state index in [2.05, 4.69) is 4.74 Å². The Morgan fingerprint density at radius 2 is 1.96 bits per heavy atom. The molecule has 0 aliphatic rings. The molecule has 15 heteroatoms. The number of nitrogens with one attached hydrogen (secondary N) is 1. The molecule has 0 bridgehead atoms. The second kappa shape index (κ2) is 6.55. The molecule has 1 aromatic carbocycles. The van der Waals surface area contributed by atoms with Gasteiger partial charge in [0.05, 0.1) is 22.2 Å². The van der Waals surface area contributed by atoms with Crippen molar-refractivity contribution in [3.63, 3.8) is 0 Å². The highest BCUT2D eigenvalue weighted by molar-refractivity contribution is 7.49. The number of nitro groups is 1. The van der Waals surface area contributed by atoms with Gasteiger partial charge in [-0.05, 0) is 0 Å². The monoisotopic (exact) mass is 398 g/mol. The Bertz CT molecular complexity index is 1040. The number of rotatable bonds is 5. The molecular formula is C11H8F3N3O8P-. The number of aromatic amines is 1. The lowest BCUT2D eigenvalue weighted by molar-refractivity contribution is -0.386. The molecule has 0 aliphatic heterocycles. The lowest BCUT2D eigenvalue weighted by Crippen LogP contribution is -2.37. The third-order valence-electron chi connectivity index (χ3n) is 2.96. The van der Waals surface area contributed by atoms with E-state index in [0.29, 0.717) is 12.1 Å². The topological polar surface area (TPSA) is 168 Å². The highest BCUT2D eigenvalue weighted by Crippen LogP contribution is 2.35. The average Bonchev–Trinajstić information content (AvgIpc) is 2.47. The fourth-order valence-corrected chi connectivity index (χ4v) is 2.66. The fourth-order valence-electron chi connectivity index (χ4n) is 2.03. The first kappa shape index (κ1) is 19.6. The van der Waals surface area contributed by atoms with Crippen molar-refractivity contribution >= 4 is 24.3 Å². The molecule has 0 amide bonds. The Morgan fingerprint density at radius 1 is 1.35 bits per heavy atom. The summed E-state index contributed by atoms with van der Waals surface area (Å²) in [7, 11) is -5.12. The van der Waals surface area contributed by atoms with Crippen LogP contribution >= 0.6 is 7.60 Å². The molecule has 1 unspecified atom stereocenters. The molecule has 142 valence electrons. The van der Waals surface area contributed by atoms with Crippen LogP contribution in [0.5, 0.6) is 5.75 Å². The van der Waals surface area contributed by atoms with Gasteiger partial charge in [0.1, 0.15) is 0 Å². The van der Waals surface area contributed by atoms with Gasteiger partial charge in [0.2, 0.25) is 0 Å². The number of aromatic nitrogens is 2. The summed E-state index contributed by atoms with van der Waals surface area (Å²) in [6.45, 7) is -1.90. The number of halogens is 3. The van der Waals surface area contributed by atoms with Crippen molar-refractivity contribution in [1.82, 2.24) is 9.55 Å². The normalized spacial score (nSPS) is 14.2. The summed E-state index contributed by atoms with van der Waals surface area (Å²) >= 11 is 0. The predicted octanol–water partition coefficient (Wildman–Crippen LogP) is 0.0423. The van der Waals surface area contributed by atoms with Crippen LogP contribution in [0.1, 0.15) is 0 Å². The SMILES string of the molecule is O=c1[nH]c2cc([N+](=O)[O-])c(OCC(F)(F)F)cc2n(CP(=O)([O-])O)c1=O. The van der Waals surface area contributed by atoms with Crippen molar-refractivity contribution < 1.29 is 37.2 Å². The number of hydrogen-bond donors (Lipinski definition) is 2. The van der Waals surface area contributed by atoms with Crippen LogP contribution in [-0.4, -0.2) is 32.2 Å². The zero-order valence-electron chi connectivity index (χ0n) is 12.3. The third kappa shape index (κ3) is 4.47. The van der Waals surface area contributed by atoms with Gasteiger partial charge in [-0.2, -0.15) is 13.2 Å². The summed E-state index contributed by atoms with van der Waals surface area (Å²) in [6, 6.07) is 1.19. The number of hydrogen-bond acceptors (Lipinski definition) is 7. The van der Waals surface area contributed by atoms with Gasteiger partial charge in [-0.25, -0.2) is 0 Å². The molecule has 0 saturated heterocycles. The Balaban J connectivity index is 2.77. The molecule has 0 saturated carbocycles. The summed E-state index contributed by atoms with van der Waals surface area (Å²) in [5.74, 6) is -0.918. The molecule has 0 aliphatic carbocycles. The highest BCUT2D eigenvalue weighted by Gasteiger charge is 2.30. The largest absolute Gasteiger partial charge is 0.777 e. The van der Waals surface area contributed by atoms with E-state index >= 15 is 0 Å². The van der Waals surface area contributed by atoms with Crippen LogP contribution in [0.3, 0.4) is 0 Å². The summed E-state index contributed by atoms with van der Waals surface area (Å²) < 4.78 is 52.5. The summed E-state index contributed by atoms with van der Waals surface area (Å²) in [5, 5.41) is 11.0. The van der Waals surface area contributed by atoms with Crippen LogP contribution in [0.2, 0.25) is 0 Å². The minimum Gasteiger partial charge on any atom is -0.777 e. The maximum atomic E-state index is 12.3. The van der Waals surface area contributed by atoms with E-state index in [0.717, 1.165) is 0 Å². The number of fused-ring (bicyclic) bond motifs is 1.